The maximum Gasteiger partial charge on any atom is 0.141 e. The first-order valence-electron chi connectivity index (χ1n) is 4.72. The van der Waals surface area contributed by atoms with Gasteiger partial charge in [0.05, 0.1) is 17.2 Å². The Kier molecular flexibility index (Phi) is 3.37. The van der Waals surface area contributed by atoms with Gasteiger partial charge in [-0.25, -0.2) is 15.0 Å². The third-order valence-corrected chi connectivity index (χ3v) is 2.70. The Labute approximate surface area is 92.4 Å². The van der Waals surface area contributed by atoms with Crippen LogP contribution in [0.15, 0.2) is 23.8 Å². The molecule has 0 atom stereocenters. The van der Waals surface area contributed by atoms with Crippen LogP contribution >= 0.6 is 11.3 Å². The summed E-state index contributed by atoms with van der Waals surface area (Å²) < 4.78 is 0. The Hall–Kier alpha value is -1.33. The van der Waals surface area contributed by atoms with Crippen LogP contribution in [0.1, 0.15) is 16.5 Å². The number of aryl methyl sites for hydroxylation is 1. The minimum Gasteiger partial charge on any atom is -0.304 e. The highest BCUT2D eigenvalue weighted by Crippen LogP contribution is 2.07. The first kappa shape index (κ1) is 10.2. The van der Waals surface area contributed by atoms with Gasteiger partial charge in [-0.1, -0.05) is 0 Å². The molecule has 0 aliphatic heterocycles. The van der Waals surface area contributed by atoms with Crippen LogP contribution in [0, 0.1) is 6.92 Å². The first-order chi connectivity index (χ1) is 7.34. The summed E-state index contributed by atoms with van der Waals surface area (Å²) in [7, 11) is 0. The topological polar surface area (TPSA) is 50.7 Å². The highest BCUT2D eigenvalue weighted by molar-refractivity contribution is 7.09. The average molecular weight is 220 g/mol. The quantitative estimate of drug-likeness (QED) is 0.849. The van der Waals surface area contributed by atoms with Gasteiger partial charge in [0.2, 0.25) is 0 Å². The second-order valence-corrected chi connectivity index (χ2v) is 4.19. The van der Waals surface area contributed by atoms with E-state index in [2.05, 4.69) is 25.6 Å². The van der Waals surface area contributed by atoms with Crippen molar-refractivity contribution in [2.45, 2.75) is 20.0 Å². The molecule has 15 heavy (non-hydrogen) atoms. The number of rotatable bonds is 4. The van der Waals surface area contributed by atoms with E-state index in [4.69, 9.17) is 0 Å². The van der Waals surface area contributed by atoms with Crippen LogP contribution in [0.25, 0.3) is 0 Å². The largest absolute Gasteiger partial charge is 0.304 e. The molecule has 0 amide bonds. The summed E-state index contributed by atoms with van der Waals surface area (Å²) in [5.41, 5.74) is 1.08. The molecule has 1 N–H and O–H groups in total. The molecule has 0 aromatic carbocycles. The normalized spacial score (nSPS) is 10.5. The van der Waals surface area contributed by atoms with Gasteiger partial charge in [-0.05, 0) is 13.0 Å². The van der Waals surface area contributed by atoms with Gasteiger partial charge in [0.1, 0.15) is 5.82 Å². The smallest absolute Gasteiger partial charge is 0.141 e. The van der Waals surface area contributed by atoms with Crippen LogP contribution in [0.3, 0.4) is 0 Å². The van der Waals surface area contributed by atoms with E-state index in [0.29, 0.717) is 6.54 Å². The predicted octanol–water partition coefficient (Wildman–Crippen LogP) is 1.53. The molecule has 2 rings (SSSR count). The van der Waals surface area contributed by atoms with Crippen molar-refractivity contribution in [3.8, 4) is 0 Å². The van der Waals surface area contributed by atoms with Gasteiger partial charge in [0, 0.05) is 24.3 Å². The molecular weight excluding hydrogens is 208 g/mol. The van der Waals surface area contributed by atoms with Crippen molar-refractivity contribution in [2.75, 3.05) is 0 Å². The van der Waals surface area contributed by atoms with Crippen LogP contribution in [0.2, 0.25) is 0 Å². The molecule has 0 unspecified atom stereocenters. The molecule has 0 aliphatic carbocycles. The minimum atomic E-state index is 0.678. The standard InChI is InChI=1S/C10H12N4S/c1-8-14-9(7-15-8)5-11-6-10-12-3-2-4-13-10/h2-4,7,11H,5-6H2,1H3. The first-order valence-corrected chi connectivity index (χ1v) is 5.60. The van der Waals surface area contributed by atoms with E-state index < -0.39 is 0 Å². The van der Waals surface area contributed by atoms with E-state index >= 15 is 0 Å². The summed E-state index contributed by atoms with van der Waals surface area (Å²) >= 11 is 1.67. The van der Waals surface area contributed by atoms with Gasteiger partial charge in [-0.3, -0.25) is 0 Å². The molecule has 0 spiro atoms. The Morgan fingerprint density at radius 2 is 2.07 bits per heavy atom. The Bertz CT molecular complexity index is 412. The number of nitrogens with zero attached hydrogens (tertiary/aromatic N) is 3. The molecule has 0 radical (unpaired) electrons. The summed E-state index contributed by atoms with van der Waals surface area (Å²) in [6.45, 7) is 3.45. The molecular formula is C10H12N4S. The third-order valence-electron chi connectivity index (χ3n) is 1.88. The molecule has 2 aromatic heterocycles. The van der Waals surface area contributed by atoms with E-state index in [1.165, 1.54) is 0 Å². The molecule has 78 valence electrons. The molecule has 0 saturated carbocycles. The number of nitrogens with one attached hydrogen (secondary N) is 1. The summed E-state index contributed by atoms with van der Waals surface area (Å²) in [4.78, 5) is 12.6. The van der Waals surface area contributed by atoms with E-state index in [-0.39, 0.29) is 0 Å². The fraction of sp³-hybridized carbons (Fsp3) is 0.300. The van der Waals surface area contributed by atoms with Crippen molar-refractivity contribution < 1.29 is 0 Å². The van der Waals surface area contributed by atoms with Gasteiger partial charge in [0.15, 0.2) is 0 Å². The highest BCUT2D eigenvalue weighted by Gasteiger charge is 1.98. The van der Waals surface area contributed by atoms with Crippen LogP contribution < -0.4 is 5.32 Å². The third kappa shape index (κ3) is 3.07. The fourth-order valence-electron chi connectivity index (χ4n) is 1.21. The van der Waals surface area contributed by atoms with E-state index in [1.54, 1.807) is 23.7 Å². The predicted molar refractivity (Wildman–Crippen MR) is 59.4 cm³/mol. The van der Waals surface area contributed by atoms with Crippen LogP contribution in [0.5, 0.6) is 0 Å². The van der Waals surface area contributed by atoms with Crippen molar-refractivity contribution in [1.82, 2.24) is 20.3 Å². The van der Waals surface area contributed by atoms with Crippen LogP contribution in [-0.4, -0.2) is 15.0 Å². The Balaban J connectivity index is 1.80. The summed E-state index contributed by atoms with van der Waals surface area (Å²) in [5.74, 6) is 0.810. The molecule has 0 bridgehead atoms. The maximum absolute atomic E-state index is 4.36. The second-order valence-electron chi connectivity index (χ2n) is 3.13. The lowest BCUT2D eigenvalue weighted by Crippen LogP contribution is -2.14. The zero-order chi connectivity index (χ0) is 10.5. The lowest BCUT2D eigenvalue weighted by atomic mass is 10.4. The van der Waals surface area contributed by atoms with Gasteiger partial charge in [-0.15, -0.1) is 11.3 Å². The maximum atomic E-state index is 4.36. The fourth-order valence-corrected chi connectivity index (χ4v) is 1.83. The van der Waals surface area contributed by atoms with Crippen molar-refractivity contribution in [2.24, 2.45) is 0 Å². The zero-order valence-corrected chi connectivity index (χ0v) is 9.29. The molecule has 2 heterocycles. The van der Waals surface area contributed by atoms with Crippen molar-refractivity contribution in [3.05, 3.63) is 40.4 Å². The highest BCUT2D eigenvalue weighted by atomic mass is 32.1. The van der Waals surface area contributed by atoms with Gasteiger partial charge < -0.3 is 5.32 Å². The summed E-state index contributed by atoms with van der Waals surface area (Å²) in [6, 6.07) is 1.81. The van der Waals surface area contributed by atoms with Crippen molar-refractivity contribution in [3.63, 3.8) is 0 Å². The van der Waals surface area contributed by atoms with Crippen LogP contribution in [0.4, 0.5) is 0 Å². The molecule has 0 fully saturated rings. The lowest BCUT2D eigenvalue weighted by Gasteiger charge is -2.00. The molecule has 0 saturated heterocycles. The number of hydrogen-bond acceptors (Lipinski definition) is 5. The average Bonchev–Trinajstić information content (AvgIpc) is 2.66. The summed E-state index contributed by atoms with van der Waals surface area (Å²) in [6.07, 6.45) is 3.49. The second kappa shape index (κ2) is 4.95. The number of thiazole rings is 1. The van der Waals surface area contributed by atoms with Crippen LogP contribution in [-0.2, 0) is 13.1 Å². The number of hydrogen-bond donors (Lipinski definition) is 1. The Morgan fingerprint density at radius 1 is 1.27 bits per heavy atom. The van der Waals surface area contributed by atoms with Crippen molar-refractivity contribution in [1.29, 1.82) is 0 Å². The molecule has 4 nitrogen and oxygen atoms in total. The van der Waals surface area contributed by atoms with E-state index in [0.717, 1.165) is 23.1 Å². The Morgan fingerprint density at radius 3 is 2.73 bits per heavy atom. The van der Waals surface area contributed by atoms with Crippen molar-refractivity contribution >= 4 is 11.3 Å². The van der Waals surface area contributed by atoms with Gasteiger partial charge in [-0.2, -0.15) is 0 Å². The van der Waals surface area contributed by atoms with E-state index in [1.807, 2.05) is 13.0 Å². The summed E-state index contributed by atoms with van der Waals surface area (Å²) in [5, 5.41) is 6.41. The monoisotopic (exact) mass is 220 g/mol. The van der Waals surface area contributed by atoms with Gasteiger partial charge >= 0.3 is 0 Å². The SMILES string of the molecule is Cc1nc(CNCc2ncccn2)cs1. The van der Waals surface area contributed by atoms with E-state index in [9.17, 15) is 0 Å². The molecule has 5 heteroatoms. The van der Waals surface area contributed by atoms with Gasteiger partial charge in [0.25, 0.3) is 0 Å². The minimum absolute atomic E-state index is 0.678. The molecule has 0 aliphatic rings. The number of aromatic nitrogens is 3. The lowest BCUT2D eigenvalue weighted by molar-refractivity contribution is 0.653. The zero-order valence-electron chi connectivity index (χ0n) is 8.47. The molecule has 2 aromatic rings.